The van der Waals surface area contributed by atoms with Crippen LogP contribution >= 0.6 is 0 Å². The second-order valence-corrected chi connectivity index (χ2v) is 7.21. The lowest BCUT2D eigenvalue weighted by Crippen LogP contribution is -2.39. The average molecular weight is 294 g/mol. The van der Waals surface area contributed by atoms with Gasteiger partial charge in [-0.25, -0.2) is 9.97 Å². The molecule has 6 heteroatoms. The number of aromatic nitrogens is 2. The number of nitrogens with one attached hydrogen (secondary N) is 1. The monoisotopic (exact) mass is 294 g/mol. The van der Waals surface area contributed by atoms with Crippen LogP contribution in [0.3, 0.4) is 0 Å². The lowest BCUT2D eigenvalue weighted by molar-refractivity contribution is 0.671. The molecule has 0 unspecified atom stereocenters. The summed E-state index contributed by atoms with van der Waals surface area (Å²) in [5.41, 5.74) is 1.11. The van der Waals surface area contributed by atoms with Gasteiger partial charge in [-0.15, -0.1) is 0 Å². The van der Waals surface area contributed by atoms with Crippen LogP contribution in [0.1, 0.15) is 37.1 Å². The van der Waals surface area contributed by atoms with Gasteiger partial charge in [-0.05, 0) is 26.7 Å². The molecule has 1 N–H and O–H groups in total. The lowest BCUT2D eigenvalue weighted by Gasteiger charge is -2.29. The molecule has 3 rings (SSSR count). The quantitative estimate of drug-likeness (QED) is 0.915. The molecule has 1 aromatic rings. The molecule has 110 valence electrons. The Hall–Kier alpha value is -1.17. The minimum Gasteiger partial charge on any atom is -0.370 e. The largest absolute Gasteiger partial charge is 0.370 e. The molecular formula is C14H22N4OS. The van der Waals surface area contributed by atoms with Crippen LogP contribution in [0.2, 0.25) is 0 Å². The Labute approximate surface area is 122 Å². The van der Waals surface area contributed by atoms with Gasteiger partial charge in [0.15, 0.2) is 0 Å². The zero-order valence-electron chi connectivity index (χ0n) is 12.2. The van der Waals surface area contributed by atoms with Crippen LogP contribution in [0.15, 0.2) is 0 Å². The smallest absolute Gasteiger partial charge is 0.137 e. The second kappa shape index (κ2) is 5.68. The van der Waals surface area contributed by atoms with Crippen molar-refractivity contribution in [2.75, 3.05) is 41.4 Å². The standard InChI is InChI=1S/C14H22N4OS/c1-3-15-12-10(2)14(17-13(16-12)11-4-5-11)18-6-8-20(19)9-7-18/h11H,3-9H2,1-2H3,(H,15,16,17). The van der Waals surface area contributed by atoms with E-state index in [-0.39, 0.29) is 0 Å². The van der Waals surface area contributed by atoms with E-state index in [1.165, 1.54) is 12.8 Å². The van der Waals surface area contributed by atoms with Crippen LogP contribution in [0.5, 0.6) is 0 Å². The molecule has 1 saturated heterocycles. The molecule has 0 amide bonds. The maximum atomic E-state index is 11.5. The third-order valence-corrected chi connectivity index (χ3v) is 5.18. The summed E-state index contributed by atoms with van der Waals surface area (Å²) in [6.07, 6.45) is 2.41. The molecule has 5 nitrogen and oxygen atoms in total. The first kappa shape index (κ1) is 13.8. The fourth-order valence-corrected chi connectivity index (χ4v) is 3.60. The second-order valence-electron chi connectivity index (χ2n) is 5.52. The molecule has 1 aromatic heterocycles. The number of hydrogen-bond acceptors (Lipinski definition) is 5. The average Bonchev–Trinajstić information content (AvgIpc) is 3.27. The molecule has 2 aliphatic rings. The van der Waals surface area contributed by atoms with E-state index in [2.05, 4.69) is 29.0 Å². The van der Waals surface area contributed by atoms with Gasteiger partial charge in [0.05, 0.1) is 0 Å². The van der Waals surface area contributed by atoms with E-state index in [4.69, 9.17) is 4.98 Å². The van der Waals surface area contributed by atoms with E-state index in [9.17, 15) is 4.21 Å². The van der Waals surface area contributed by atoms with E-state index in [0.717, 1.165) is 54.2 Å². The molecule has 1 saturated carbocycles. The van der Waals surface area contributed by atoms with Gasteiger partial charge in [-0.1, -0.05) is 0 Å². The van der Waals surface area contributed by atoms with Gasteiger partial charge in [0.25, 0.3) is 0 Å². The highest BCUT2D eigenvalue weighted by molar-refractivity contribution is 7.85. The maximum Gasteiger partial charge on any atom is 0.137 e. The van der Waals surface area contributed by atoms with Crippen molar-refractivity contribution >= 4 is 22.4 Å². The van der Waals surface area contributed by atoms with Gasteiger partial charge in [0.1, 0.15) is 17.5 Å². The minimum absolute atomic E-state index is 0.547. The third-order valence-electron chi connectivity index (χ3n) is 3.90. The Morgan fingerprint density at radius 3 is 2.60 bits per heavy atom. The Kier molecular flexibility index (Phi) is 3.92. The van der Waals surface area contributed by atoms with Gasteiger partial charge in [-0.2, -0.15) is 0 Å². The van der Waals surface area contributed by atoms with Gasteiger partial charge >= 0.3 is 0 Å². The van der Waals surface area contributed by atoms with Crippen LogP contribution in [0, 0.1) is 6.92 Å². The first-order valence-corrected chi connectivity index (χ1v) is 8.90. The van der Waals surface area contributed by atoms with E-state index in [1.807, 2.05) is 0 Å². The van der Waals surface area contributed by atoms with Crippen molar-refractivity contribution in [3.05, 3.63) is 11.4 Å². The van der Waals surface area contributed by atoms with Crippen molar-refractivity contribution in [1.29, 1.82) is 0 Å². The summed E-state index contributed by atoms with van der Waals surface area (Å²) in [5.74, 6) is 5.02. The van der Waals surface area contributed by atoms with Crippen molar-refractivity contribution in [3.63, 3.8) is 0 Å². The molecule has 0 spiro atoms. The van der Waals surface area contributed by atoms with Crippen molar-refractivity contribution in [2.24, 2.45) is 0 Å². The predicted octanol–water partition coefficient (Wildman–Crippen LogP) is 1.66. The molecular weight excluding hydrogens is 272 g/mol. The first-order valence-electron chi connectivity index (χ1n) is 7.41. The molecule has 0 aromatic carbocycles. The Bertz CT molecular complexity index is 520. The van der Waals surface area contributed by atoms with Crippen molar-refractivity contribution in [2.45, 2.75) is 32.6 Å². The summed E-state index contributed by atoms with van der Waals surface area (Å²) in [7, 11) is -0.653. The Balaban J connectivity index is 1.93. The number of rotatable bonds is 4. The Morgan fingerprint density at radius 2 is 2.00 bits per heavy atom. The van der Waals surface area contributed by atoms with Crippen LogP contribution in [-0.4, -0.2) is 45.3 Å². The zero-order valence-corrected chi connectivity index (χ0v) is 13.0. The molecule has 20 heavy (non-hydrogen) atoms. The summed E-state index contributed by atoms with van der Waals surface area (Å²) in [4.78, 5) is 11.8. The number of nitrogens with zero attached hydrogens (tertiary/aromatic N) is 3. The van der Waals surface area contributed by atoms with Crippen molar-refractivity contribution < 1.29 is 4.21 Å². The normalized spacial score (nSPS) is 20.2. The number of anilines is 2. The van der Waals surface area contributed by atoms with Gasteiger partial charge in [0.2, 0.25) is 0 Å². The third kappa shape index (κ3) is 2.80. The predicted molar refractivity (Wildman–Crippen MR) is 83.0 cm³/mol. The van der Waals surface area contributed by atoms with E-state index in [1.54, 1.807) is 0 Å². The lowest BCUT2D eigenvalue weighted by atomic mass is 10.2. The highest BCUT2D eigenvalue weighted by Crippen LogP contribution is 2.40. The summed E-state index contributed by atoms with van der Waals surface area (Å²) in [6, 6.07) is 0. The minimum atomic E-state index is -0.653. The fraction of sp³-hybridized carbons (Fsp3) is 0.714. The van der Waals surface area contributed by atoms with Crippen LogP contribution < -0.4 is 10.2 Å². The van der Waals surface area contributed by atoms with Crippen molar-refractivity contribution in [1.82, 2.24) is 9.97 Å². The molecule has 2 fully saturated rings. The first-order chi connectivity index (χ1) is 9.69. The van der Waals surface area contributed by atoms with E-state index < -0.39 is 10.8 Å². The summed E-state index contributed by atoms with van der Waals surface area (Å²) >= 11 is 0. The SMILES string of the molecule is CCNc1nc(C2CC2)nc(N2CCS(=O)CC2)c1C. The van der Waals surface area contributed by atoms with Gasteiger partial charge < -0.3 is 10.2 Å². The maximum absolute atomic E-state index is 11.5. The number of hydrogen-bond donors (Lipinski definition) is 1. The molecule has 1 aliphatic heterocycles. The van der Waals surface area contributed by atoms with Crippen LogP contribution in [0.25, 0.3) is 0 Å². The molecule has 1 aliphatic carbocycles. The molecule has 2 heterocycles. The Morgan fingerprint density at radius 1 is 1.30 bits per heavy atom. The van der Waals surface area contributed by atoms with Crippen molar-refractivity contribution in [3.8, 4) is 0 Å². The van der Waals surface area contributed by atoms with Gasteiger partial charge in [0, 0.05) is 53.4 Å². The topological polar surface area (TPSA) is 58.1 Å². The van der Waals surface area contributed by atoms with E-state index >= 15 is 0 Å². The van der Waals surface area contributed by atoms with E-state index in [0.29, 0.717) is 5.92 Å². The summed E-state index contributed by atoms with van der Waals surface area (Å²) < 4.78 is 11.5. The van der Waals surface area contributed by atoms with Crippen LogP contribution in [-0.2, 0) is 10.8 Å². The summed E-state index contributed by atoms with van der Waals surface area (Å²) in [6.45, 7) is 6.70. The molecule has 0 radical (unpaired) electrons. The van der Waals surface area contributed by atoms with Gasteiger partial charge in [-0.3, -0.25) is 4.21 Å². The summed E-state index contributed by atoms with van der Waals surface area (Å²) in [5, 5.41) is 3.35. The van der Waals surface area contributed by atoms with Crippen LogP contribution in [0.4, 0.5) is 11.6 Å². The molecule has 0 atom stereocenters. The highest BCUT2D eigenvalue weighted by Gasteiger charge is 2.29. The molecule has 0 bridgehead atoms. The highest BCUT2D eigenvalue weighted by atomic mass is 32.2. The fourth-order valence-electron chi connectivity index (χ4n) is 2.54. The zero-order chi connectivity index (χ0) is 14.1.